The van der Waals surface area contributed by atoms with Crippen LogP contribution >= 0.6 is 0 Å². The standard InChI is InChI=1S/C26H31N3O2/c1-16(2)20-10-4-5-11-21(20)26-28-24-22(12-7-13-23(24)31-26)25(30)27-17-14-18-8-6-9-19(15-17)29(18)3/h4-5,7,10-13,16-19H,6,8-9,14-15H2,1-3H3,(H,27,30). The number of rotatable bonds is 4. The molecule has 3 heterocycles. The largest absolute Gasteiger partial charge is 0.436 e. The van der Waals surface area contributed by atoms with Crippen molar-refractivity contribution in [3.05, 3.63) is 53.6 Å². The molecule has 2 unspecified atom stereocenters. The molecule has 1 aromatic heterocycles. The van der Waals surface area contributed by atoms with Gasteiger partial charge in [0.2, 0.25) is 5.89 Å². The minimum absolute atomic E-state index is 0.0461. The maximum Gasteiger partial charge on any atom is 0.253 e. The Morgan fingerprint density at radius 3 is 2.58 bits per heavy atom. The van der Waals surface area contributed by atoms with Gasteiger partial charge in [-0.15, -0.1) is 0 Å². The van der Waals surface area contributed by atoms with Gasteiger partial charge in [-0.3, -0.25) is 4.79 Å². The van der Waals surface area contributed by atoms with Crippen LogP contribution in [0.2, 0.25) is 0 Å². The number of piperidine rings is 2. The van der Waals surface area contributed by atoms with Gasteiger partial charge in [-0.2, -0.15) is 0 Å². The topological polar surface area (TPSA) is 58.4 Å². The second-order valence-corrected chi connectivity index (χ2v) is 9.46. The normalized spacial score (nSPS) is 23.9. The SMILES string of the molecule is CC(C)c1ccccc1-c1nc2c(C(=O)NC3CC4CCCC(C3)N4C)cccc2o1. The van der Waals surface area contributed by atoms with Gasteiger partial charge < -0.3 is 14.6 Å². The summed E-state index contributed by atoms with van der Waals surface area (Å²) in [5.41, 5.74) is 4.07. The van der Waals surface area contributed by atoms with E-state index in [9.17, 15) is 4.79 Å². The summed E-state index contributed by atoms with van der Waals surface area (Å²) in [6, 6.07) is 15.2. The zero-order valence-electron chi connectivity index (χ0n) is 18.6. The Balaban J connectivity index is 1.43. The highest BCUT2D eigenvalue weighted by atomic mass is 16.3. The highest BCUT2D eigenvalue weighted by molar-refractivity contribution is 6.05. The van der Waals surface area contributed by atoms with Crippen LogP contribution in [0, 0.1) is 0 Å². The third-order valence-corrected chi connectivity index (χ3v) is 7.15. The first-order chi connectivity index (χ1) is 15.0. The predicted molar refractivity (Wildman–Crippen MR) is 123 cm³/mol. The molecule has 2 aliphatic rings. The van der Waals surface area contributed by atoms with Crippen LogP contribution in [0.1, 0.15) is 67.8 Å². The van der Waals surface area contributed by atoms with E-state index < -0.39 is 0 Å². The first kappa shape index (κ1) is 20.3. The lowest BCUT2D eigenvalue weighted by Gasteiger charge is -2.47. The first-order valence-corrected chi connectivity index (χ1v) is 11.5. The molecule has 2 saturated heterocycles. The Morgan fingerprint density at radius 1 is 1.10 bits per heavy atom. The predicted octanol–water partition coefficient (Wildman–Crippen LogP) is 5.36. The molecule has 2 aromatic carbocycles. The van der Waals surface area contributed by atoms with Crippen molar-refractivity contribution >= 4 is 17.0 Å². The van der Waals surface area contributed by atoms with Crippen molar-refractivity contribution in [1.29, 1.82) is 0 Å². The third kappa shape index (κ3) is 3.76. The number of hydrogen-bond donors (Lipinski definition) is 1. The molecule has 2 atom stereocenters. The lowest BCUT2D eigenvalue weighted by atomic mass is 9.82. The van der Waals surface area contributed by atoms with E-state index in [0.717, 1.165) is 18.4 Å². The monoisotopic (exact) mass is 417 g/mol. The Labute approximate surface area is 183 Å². The van der Waals surface area contributed by atoms with Gasteiger partial charge in [0.15, 0.2) is 5.58 Å². The van der Waals surface area contributed by atoms with Gasteiger partial charge in [-0.1, -0.05) is 44.5 Å². The second kappa shape index (κ2) is 8.12. The Kier molecular flexibility index (Phi) is 5.30. The third-order valence-electron chi connectivity index (χ3n) is 7.15. The lowest BCUT2D eigenvalue weighted by Crippen LogP contribution is -2.55. The lowest BCUT2D eigenvalue weighted by molar-refractivity contribution is 0.0463. The van der Waals surface area contributed by atoms with Crippen LogP contribution in [0.5, 0.6) is 0 Å². The minimum atomic E-state index is -0.0461. The quantitative estimate of drug-likeness (QED) is 0.621. The number of oxazole rings is 1. The van der Waals surface area contributed by atoms with Crippen molar-refractivity contribution < 1.29 is 9.21 Å². The summed E-state index contributed by atoms with van der Waals surface area (Å²) in [5, 5.41) is 3.31. The van der Waals surface area contributed by atoms with Gasteiger partial charge in [-0.05, 0) is 62.4 Å². The molecule has 0 aliphatic carbocycles. The Bertz CT molecular complexity index is 1090. The van der Waals surface area contributed by atoms with Gasteiger partial charge >= 0.3 is 0 Å². The molecule has 5 rings (SSSR count). The number of nitrogens with zero attached hydrogens (tertiary/aromatic N) is 2. The number of fused-ring (bicyclic) bond motifs is 3. The molecule has 0 radical (unpaired) electrons. The maximum atomic E-state index is 13.2. The van der Waals surface area contributed by atoms with E-state index in [-0.39, 0.29) is 11.9 Å². The number of amides is 1. The van der Waals surface area contributed by atoms with Crippen LogP contribution < -0.4 is 5.32 Å². The number of carbonyl (C=O) groups is 1. The van der Waals surface area contributed by atoms with E-state index in [1.807, 2.05) is 36.4 Å². The fourth-order valence-electron chi connectivity index (χ4n) is 5.44. The van der Waals surface area contributed by atoms with Crippen LogP contribution in [-0.2, 0) is 0 Å². The summed E-state index contributed by atoms with van der Waals surface area (Å²) in [7, 11) is 2.24. The minimum Gasteiger partial charge on any atom is -0.436 e. The molecule has 5 heteroatoms. The zero-order chi connectivity index (χ0) is 21.5. The maximum absolute atomic E-state index is 13.2. The zero-order valence-corrected chi connectivity index (χ0v) is 18.6. The van der Waals surface area contributed by atoms with Gasteiger partial charge in [-0.25, -0.2) is 4.98 Å². The second-order valence-electron chi connectivity index (χ2n) is 9.46. The molecule has 0 saturated carbocycles. The van der Waals surface area contributed by atoms with Crippen LogP contribution in [0.3, 0.4) is 0 Å². The molecule has 31 heavy (non-hydrogen) atoms. The fourth-order valence-corrected chi connectivity index (χ4v) is 5.44. The van der Waals surface area contributed by atoms with Crippen molar-refractivity contribution in [3.8, 4) is 11.5 Å². The number of nitrogens with one attached hydrogen (secondary N) is 1. The van der Waals surface area contributed by atoms with Crippen molar-refractivity contribution in [2.45, 2.75) is 70.0 Å². The summed E-state index contributed by atoms with van der Waals surface area (Å²) in [6.07, 6.45) is 5.83. The van der Waals surface area contributed by atoms with Crippen molar-refractivity contribution in [2.24, 2.45) is 0 Å². The number of carbonyl (C=O) groups excluding carboxylic acids is 1. The molecule has 5 nitrogen and oxygen atoms in total. The summed E-state index contributed by atoms with van der Waals surface area (Å²) in [6.45, 7) is 4.33. The molecule has 1 N–H and O–H groups in total. The number of para-hydroxylation sites is 1. The molecule has 2 fully saturated rings. The van der Waals surface area contributed by atoms with E-state index in [2.05, 4.69) is 37.2 Å². The average molecular weight is 418 g/mol. The van der Waals surface area contributed by atoms with Gasteiger partial charge in [0.1, 0.15) is 5.52 Å². The number of aromatic nitrogens is 1. The van der Waals surface area contributed by atoms with E-state index in [4.69, 9.17) is 9.40 Å². The van der Waals surface area contributed by atoms with Crippen molar-refractivity contribution in [3.63, 3.8) is 0 Å². The molecular formula is C26H31N3O2. The summed E-state index contributed by atoms with van der Waals surface area (Å²) < 4.78 is 6.10. The Hall–Kier alpha value is -2.66. The van der Waals surface area contributed by atoms with Gasteiger partial charge in [0, 0.05) is 23.7 Å². The van der Waals surface area contributed by atoms with Crippen LogP contribution in [-0.4, -0.2) is 41.0 Å². The summed E-state index contributed by atoms with van der Waals surface area (Å²) in [4.78, 5) is 20.5. The van der Waals surface area contributed by atoms with Crippen LogP contribution in [0.15, 0.2) is 46.9 Å². The average Bonchev–Trinajstić information content (AvgIpc) is 3.18. The summed E-state index contributed by atoms with van der Waals surface area (Å²) in [5.74, 6) is 0.890. The van der Waals surface area contributed by atoms with Crippen LogP contribution in [0.25, 0.3) is 22.6 Å². The van der Waals surface area contributed by atoms with Gasteiger partial charge in [0.25, 0.3) is 5.91 Å². The molecule has 2 bridgehead atoms. The van der Waals surface area contributed by atoms with E-state index >= 15 is 0 Å². The van der Waals surface area contributed by atoms with E-state index in [0.29, 0.717) is 40.6 Å². The fraction of sp³-hybridized carbons (Fsp3) is 0.462. The highest BCUT2D eigenvalue weighted by Gasteiger charge is 2.36. The first-order valence-electron chi connectivity index (χ1n) is 11.5. The molecule has 162 valence electrons. The van der Waals surface area contributed by atoms with Gasteiger partial charge in [0.05, 0.1) is 5.56 Å². The molecular weight excluding hydrogens is 386 g/mol. The molecule has 2 aliphatic heterocycles. The van der Waals surface area contributed by atoms with E-state index in [1.54, 1.807) is 0 Å². The van der Waals surface area contributed by atoms with Crippen molar-refractivity contribution in [1.82, 2.24) is 15.2 Å². The number of benzene rings is 2. The smallest absolute Gasteiger partial charge is 0.253 e. The molecule has 1 amide bonds. The number of hydrogen-bond acceptors (Lipinski definition) is 4. The summed E-state index contributed by atoms with van der Waals surface area (Å²) >= 11 is 0. The van der Waals surface area contributed by atoms with E-state index in [1.165, 1.54) is 24.8 Å². The molecule has 3 aromatic rings. The highest BCUT2D eigenvalue weighted by Crippen LogP contribution is 2.34. The Morgan fingerprint density at radius 2 is 1.84 bits per heavy atom. The molecule has 0 spiro atoms. The van der Waals surface area contributed by atoms with Crippen LogP contribution in [0.4, 0.5) is 0 Å². The van der Waals surface area contributed by atoms with Crippen molar-refractivity contribution in [2.75, 3.05) is 7.05 Å².